The number of nitriles is 1. The first-order valence-electron chi connectivity index (χ1n) is 10.2. The molecule has 1 aliphatic carbocycles. The fourth-order valence-electron chi connectivity index (χ4n) is 4.15. The highest BCUT2D eigenvalue weighted by Crippen LogP contribution is 2.46. The van der Waals surface area contributed by atoms with Crippen molar-refractivity contribution in [2.75, 3.05) is 17.3 Å². The molecule has 2 aromatic carbocycles. The van der Waals surface area contributed by atoms with E-state index in [-0.39, 0.29) is 4.90 Å². The Balaban J connectivity index is 1.64. The van der Waals surface area contributed by atoms with E-state index in [0.717, 1.165) is 52.9 Å². The second kappa shape index (κ2) is 7.51. The summed E-state index contributed by atoms with van der Waals surface area (Å²) in [5, 5.41) is 19.2. The molecule has 3 aromatic rings. The number of fused-ring (bicyclic) bond motifs is 3. The Labute approximate surface area is 186 Å². The van der Waals surface area contributed by atoms with Gasteiger partial charge in [0.25, 0.3) is 0 Å². The predicted octanol–water partition coefficient (Wildman–Crippen LogP) is 3.59. The topological polar surface area (TPSA) is 121 Å². The molecule has 1 aromatic heterocycles. The van der Waals surface area contributed by atoms with Crippen LogP contribution in [0.1, 0.15) is 30.4 Å². The molecule has 0 bridgehead atoms. The van der Waals surface area contributed by atoms with E-state index in [0.29, 0.717) is 17.9 Å². The molecule has 1 fully saturated rings. The average Bonchev–Trinajstić information content (AvgIpc) is 3.09. The number of nitrogens with two attached hydrogens (primary N) is 1. The fourth-order valence-corrected chi connectivity index (χ4v) is 4.66. The van der Waals surface area contributed by atoms with Crippen LogP contribution in [0, 0.1) is 11.3 Å². The number of anilines is 2. The summed E-state index contributed by atoms with van der Waals surface area (Å²) in [4.78, 5) is 6.84. The van der Waals surface area contributed by atoms with Gasteiger partial charge in [0.1, 0.15) is 17.6 Å². The number of sulfonamides is 1. The van der Waals surface area contributed by atoms with E-state index in [1.807, 2.05) is 6.07 Å². The number of ether oxygens (including phenoxy) is 1. The Morgan fingerprint density at radius 2 is 2.00 bits per heavy atom. The highest BCUT2D eigenvalue weighted by atomic mass is 32.2. The first-order chi connectivity index (χ1) is 15.4. The zero-order chi connectivity index (χ0) is 22.5. The molecule has 5 rings (SSSR count). The number of nitrogens with zero attached hydrogens (tertiary/aromatic N) is 3. The molecule has 9 heteroatoms. The number of aromatic nitrogens is 1. The Morgan fingerprint density at radius 3 is 2.59 bits per heavy atom. The van der Waals surface area contributed by atoms with Gasteiger partial charge in [0, 0.05) is 18.0 Å². The first kappa shape index (κ1) is 20.3. The van der Waals surface area contributed by atoms with Crippen molar-refractivity contribution < 1.29 is 13.2 Å². The van der Waals surface area contributed by atoms with E-state index in [1.165, 1.54) is 24.8 Å². The van der Waals surface area contributed by atoms with Gasteiger partial charge >= 0.3 is 0 Å². The minimum atomic E-state index is -3.74. The standard InChI is InChI=1S/C23H21N5O3S/c1-31-21-10-19-18(9-16(21)11-24)22-20(12-26-19)27-23(15-3-2-4-15)28(22)13-14-5-7-17(8-6-14)32(25,29)30/h5-10,12,27H,2-4,13H2,1H3,(H2,25,29,30). The summed E-state index contributed by atoms with van der Waals surface area (Å²) in [5.41, 5.74) is 5.27. The van der Waals surface area contributed by atoms with Crippen LogP contribution in [0.5, 0.6) is 5.75 Å². The van der Waals surface area contributed by atoms with Crippen LogP contribution in [-0.4, -0.2) is 20.5 Å². The Hall–Kier alpha value is -3.61. The molecule has 2 aliphatic rings. The molecule has 8 nitrogen and oxygen atoms in total. The Kier molecular flexibility index (Phi) is 4.77. The van der Waals surface area contributed by atoms with Gasteiger partial charge in [-0.3, -0.25) is 4.98 Å². The summed E-state index contributed by atoms with van der Waals surface area (Å²) in [5.74, 6) is 1.52. The van der Waals surface area contributed by atoms with Gasteiger partial charge in [-0.2, -0.15) is 5.26 Å². The lowest BCUT2D eigenvalue weighted by atomic mass is 9.92. The fraction of sp³-hybridized carbons (Fsp3) is 0.217. The van der Waals surface area contributed by atoms with E-state index >= 15 is 0 Å². The third-order valence-corrected chi connectivity index (χ3v) is 6.89. The minimum Gasteiger partial charge on any atom is -0.495 e. The second-order valence-electron chi connectivity index (χ2n) is 7.91. The SMILES string of the molecule is COc1cc2ncc3c(c2cc1C#N)N(Cc1ccc(S(N)(=O)=O)cc1)C(=C1CCC1)N3. The average molecular weight is 448 g/mol. The number of allylic oxidation sites excluding steroid dienone is 1. The highest BCUT2D eigenvalue weighted by molar-refractivity contribution is 7.89. The number of primary sulfonamides is 1. The third-order valence-electron chi connectivity index (χ3n) is 5.96. The molecule has 0 amide bonds. The van der Waals surface area contributed by atoms with Crippen LogP contribution < -0.4 is 20.1 Å². The number of hydrogen-bond donors (Lipinski definition) is 2. The van der Waals surface area contributed by atoms with E-state index in [9.17, 15) is 13.7 Å². The Bertz CT molecular complexity index is 1420. The summed E-state index contributed by atoms with van der Waals surface area (Å²) in [6, 6.07) is 12.4. The van der Waals surface area contributed by atoms with Gasteiger partial charge in [0.15, 0.2) is 0 Å². The van der Waals surface area contributed by atoms with E-state index in [1.54, 1.807) is 24.4 Å². The molecule has 0 atom stereocenters. The van der Waals surface area contributed by atoms with E-state index in [4.69, 9.17) is 9.88 Å². The Morgan fingerprint density at radius 1 is 1.25 bits per heavy atom. The molecule has 3 N–H and O–H groups in total. The van der Waals surface area contributed by atoms with Crippen LogP contribution in [-0.2, 0) is 16.6 Å². The van der Waals surface area contributed by atoms with Crippen molar-refractivity contribution in [1.82, 2.24) is 4.98 Å². The lowest BCUT2D eigenvalue weighted by molar-refractivity contribution is 0.414. The van der Waals surface area contributed by atoms with Gasteiger partial charge in [0.05, 0.1) is 40.7 Å². The molecular formula is C23H21N5O3S. The van der Waals surface area contributed by atoms with Gasteiger partial charge in [0.2, 0.25) is 10.0 Å². The van der Waals surface area contributed by atoms with Crippen LogP contribution in [0.15, 0.2) is 58.9 Å². The number of hydrogen-bond acceptors (Lipinski definition) is 7. The predicted molar refractivity (Wildman–Crippen MR) is 122 cm³/mol. The number of pyridine rings is 1. The molecule has 1 aliphatic heterocycles. The maximum atomic E-state index is 11.6. The van der Waals surface area contributed by atoms with Crippen LogP contribution >= 0.6 is 0 Å². The molecule has 0 saturated heterocycles. The monoisotopic (exact) mass is 447 g/mol. The van der Waals surface area contributed by atoms with Crippen molar-refractivity contribution >= 4 is 32.3 Å². The maximum absolute atomic E-state index is 11.6. The molecule has 0 unspecified atom stereocenters. The van der Waals surface area contributed by atoms with Crippen LogP contribution in [0.4, 0.5) is 11.4 Å². The largest absolute Gasteiger partial charge is 0.495 e. The zero-order valence-corrected chi connectivity index (χ0v) is 18.2. The number of methoxy groups -OCH3 is 1. The molecule has 0 radical (unpaired) electrons. The summed E-state index contributed by atoms with van der Waals surface area (Å²) in [7, 11) is -2.21. The van der Waals surface area contributed by atoms with Crippen molar-refractivity contribution in [3.8, 4) is 11.8 Å². The molecule has 162 valence electrons. The van der Waals surface area contributed by atoms with Gasteiger partial charge in [-0.05, 0) is 48.6 Å². The first-order valence-corrected chi connectivity index (χ1v) is 11.7. The van der Waals surface area contributed by atoms with Crippen molar-refractivity contribution in [1.29, 1.82) is 5.26 Å². The lowest BCUT2D eigenvalue weighted by Gasteiger charge is -2.27. The van der Waals surface area contributed by atoms with Crippen LogP contribution in [0.3, 0.4) is 0 Å². The van der Waals surface area contributed by atoms with Crippen LogP contribution in [0.2, 0.25) is 0 Å². The van der Waals surface area contributed by atoms with Gasteiger partial charge in [-0.25, -0.2) is 13.6 Å². The normalized spacial score (nSPS) is 15.2. The molecule has 32 heavy (non-hydrogen) atoms. The number of nitrogens with one attached hydrogen (secondary N) is 1. The molecular weight excluding hydrogens is 426 g/mol. The number of rotatable bonds is 4. The summed E-state index contributed by atoms with van der Waals surface area (Å²) in [6.45, 7) is 0.525. The van der Waals surface area contributed by atoms with Gasteiger partial charge in [-0.15, -0.1) is 0 Å². The van der Waals surface area contributed by atoms with Crippen LogP contribution in [0.25, 0.3) is 10.9 Å². The zero-order valence-electron chi connectivity index (χ0n) is 17.4. The quantitative estimate of drug-likeness (QED) is 0.627. The molecule has 0 spiro atoms. The number of benzene rings is 2. The van der Waals surface area contributed by atoms with Crippen molar-refractivity contribution in [3.63, 3.8) is 0 Å². The third kappa shape index (κ3) is 3.34. The van der Waals surface area contributed by atoms with Crippen molar-refractivity contribution in [3.05, 3.63) is 65.1 Å². The van der Waals surface area contributed by atoms with Crippen molar-refractivity contribution in [2.24, 2.45) is 5.14 Å². The molecule has 2 heterocycles. The highest BCUT2D eigenvalue weighted by Gasteiger charge is 2.31. The summed E-state index contributed by atoms with van der Waals surface area (Å²) >= 11 is 0. The van der Waals surface area contributed by atoms with E-state index < -0.39 is 10.0 Å². The van der Waals surface area contributed by atoms with E-state index in [2.05, 4.69) is 21.3 Å². The van der Waals surface area contributed by atoms with Crippen molar-refractivity contribution in [2.45, 2.75) is 30.7 Å². The second-order valence-corrected chi connectivity index (χ2v) is 9.47. The maximum Gasteiger partial charge on any atom is 0.238 e. The smallest absolute Gasteiger partial charge is 0.238 e. The minimum absolute atomic E-state index is 0.0826. The molecule has 1 saturated carbocycles. The lowest BCUT2D eigenvalue weighted by Crippen LogP contribution is -2.24. The van der Waals surface area contributed by atoms with Gasteiger partial charge < -0.3 is 15.0 Å². The summed E-state index contributed by atoms with van der Waals surface area (Å²) < 4.78 is 28.6. The summed E-state index contributed by atoms with van der Waals surface area (Å²) in [6.07, 6.45) is 5.01. The van der Waals surface area contributed by atoms with Gasteiger partial charge in [-0.1, -0.05) is 12.1 Å².